The third-order valence-electron chi connectivity index (χ3n) is 5.30. The van der Waals surface area contributed by atoms with Gasteiger partial charge in [-0.3, -0.25) is 0 Å². The average molecular weight is 321 g/mol. The van der Waals surface area contributed by atoms with Gasteiger partial charge in [0.2, 0.25) is 5.95 Å². The van der Waals surface area contributed by atoms with Crippen molar-refractivity contribution < 1.29 is 9.13 Å². The molecule has 126 valence electrons. The van der Waals surface area contributed by atoms with Crippen molar-refractivity contribution in [2.45, 2.75) is 19.3 Å². The molecule has 4 heterocycles. The highest BCUT2D eigenvalue weighted by Gasteiger charge is 2.38. The van der Waals surface area contributed by atoms with Crippen molar-refractivity contribution in [3.63, 3.8) is 0 Å². The van der Waals surface area contributed by atoms with Gasteiger partial charge in [0.25, 0.3) is 0 Å². The third kappa shape index (κ3) is 2.99. The van der Waals surface area contributed by atoms with Gasteiger partial charge in [-0.05, 0) is 25.8 Å². The van der Waals surface area contributed by atoms with Gasteiger partial charge in [0, 0.05) is 38.1 Å². The molecule has 0 bridgehead atoms. The number of piperidine rings is 1. The first kappa shape index (κ1) is 15.1. The molecule has 1 unspecified atom stereocenters. The van der Waals surface area contributed by atoms with Crippen LogP contribution in [-0.4, -0.2) is 62.5 Å². The van der Waals surface area contributed by atoms with Gasteiger partial charge < -0.3 is 19.9 Å². The van der Waals surface area contributed by atoms with E-state index in [4.69, 9.17) is 4.74 Å². The maximum Gasteiger partial charge on any atom is 0.227 e. The van der Waals surface area contributed by atoms with Gasteiger partial charge in [-0.15, -0.1) is 0 Å². The monoisotopic (exact) mass is 321 g/mol. The molecule has 0 amide bonds. The number of rotatable bonds is 2. The molecule has 0 saturated carbocycles. The number of nitrogens with one attached hydrogen (secondary N) is 1. The number of halogens is 1. The zero-order valence-electron chi connectivity index (χ0n) is 13.4. The fourth-order valence-corrected chi connectivity index (χ4v) is 4.02. The highest BCUT2D eigenvalue weighted by molar-refractivity contribution is 5.45. The number of hydrogen-bond donors (Lipinski definition) is 1. The molecule has 1 atom stereocenters. The van der Waals surface area contributed by atoms with Gasteiger partial charge in [0.1, 0.15) is 0 Å². The van der Waals surface area contributed by atoms with Gasteiger partial charge in [-0.1, -0.05) is 0 Å². The summed E-state index contributed by atoms with van der Waals surface area (Å²) in [6.45, 7) is 6.69. The Labute approximate surface area is 136 Å². The molecular formula is C16H24FN5O. The molecule has 3 aliphatic heterocycles. The van der Waals surface area contributed by atoms with Gasteiger partial charge in [0.05, 0.1) is 19.4 Å². The van der Waals surface area contributed by atoms with Crippen LogP contribution in [0.25, 0.3) is 0 Å². The predicted molar refractivity (Wildman–Crippen MR) is 86.4 cm³/mol. The number of aromatic nitrogens is 2. The van der Waals surface area contributed by atoms with E-state index < -0.39 is 0 Å². The van der Waals surface area contributed by atoms with Crippen molar-refractivity contribution in [1.29, 1.82) is 0 Å². The Morgan fingerprint density at radius 2 is 2.04 bits per heavy atom. The van der Waals surface area contributed by atoms with Gasteiger partial charge in [-0.25, -0.2) is 9.37 Å². The summed E-state index contributed by atoms with van der Waals surface area (Å²) in [6, 6.07) is 0. The third-order valence-corrected chi connectivity index (χ3v) is 5.30. The van der Waals surface area contributed by atoms with Crippen LogP contribution < -0.4 is 15.1 Å². The predicted octanol–water partition coefficient (Wildman–Crippen LogP) is 1.03. The number of hydrogen-bond acceptors (Lipinski definition) is 6. The Morgan fingerprint density at radius 1 is 1.17 bits per heavy atom. The molecule has 3 fully saturated rings. The summed E-state index contributed by atoms with van der Waals surface area (Å²) in [4.78, 5) is 13.0. The summed E-state index contributed by atoms with van der Waals surface area (Å²) in [6.07, 6.45) is 4.94. The molecule has 23 heavy (non-hydrogen) atoms. The van der Waals surface area contributed by atoms with E-state index >= 15 is 0 Å². The molecule has 0 radical (unpaired) electrons. The Bertz CT molecular complexity index is 557. The van der Waals surface area contributed by atoms with E-state index in [0.717, 1.165) is 32.6 Å². The summed E-state index contributed by atoms with van der Waals surface area (Å²) in [5.41, 5.74) is 0.342. The molecule has 1 N–H and O–H groups in total. The summed E-state index contributed by atoms with van der Waals surface area (Å²) in [5.74, 6) is 0.742. The second-order valence-corrected chi connectivity index (χ2v) is 6.89. The van der Waals surface area contributed by atoms with E-state index in [-0.39, 0.29) is 5.82 Å². The number of anilines is 2. The minimum Gasteiger partial charge on any atom is -0.378 e. The first-order valence-corrected chi connectivity index (χ1v) is 8.57. The van der Waals surface area contributed by atoms with Crippen LogP contribution in [0.5, 0.6) is 0 Å². The van der Waals surface area contributed by atoms with Crippen LogP contribution in [0.1, 0.15) is 19.3 Å². The standard InChI is InChI=1S/C16H24FN5O/c17-13-10-19-15(20-14(13)21-6-8-23-9-7-21)22-5-1-2-16(12-22)3-4-18-11-16/h10,18H,1-9,11-12H2. The van der Waals surface area contributed by atoms with Gasteiger partial charge in [-0.2, -0.15) is 4.98 Å². The molecular weight excluding hydrogens is 297 g/mol. The maximum absolute atomic E-state index is 14.2. The smallest absolute Gasteiger partial charge is 0.227 e. The summed E-state index contributed by atoms with van der Waals surface area (Å²) < 4.78 is 19.5. The van der Waals surface area contributed by atoms with Crippen LogP contribution in [0.3, 0.4) is 0 Å². The van der Waals surface area contributed by atoms with Crippen LogP contribution >= 0.6 is 0 Å². The van der Waals surface area contributed by atoms with Crippen molar-refractivity contribution in [3.8, 4) is 0 Å². The number of morpholine rings is 1. The summed E-state index contributed by atoms with van der Waals surface area (Å²) in [5, 5.41) is 3.48. The topological polar surface area (TPSA) is 53.5 Å². The zero-order chi connectivity index (χ0) is 15.7. The molecule has 0 aromatic carbocycles. The molecule has 3 aliphatic rings. The molecule has 1 spiro atoms. The molecule has 6 nitrogen and oxygen atoms in total. The van der Waals surface area contributed by atoms with Crippen molar-refractivity contribution in [1.82, 2.24) is 15.3 Å². The fraction of sp³-hybridized carbons (Fsp3) is 0.750. The normalized spacial score (nSPS) is 28.6. The molecule has 0 aliphatic carbocycles. The first-order chi connectivity index (χ1) is 11.3. The van der Waals surface area contributed by atoms with Crippen LogP contribution in [0, 0.1) is 11.2 Å². The molecule has 4 rings (SSSR count). The lowest BCUT2D eigenvalue weighted by atomic mass is 9.79. The van der Waals surface area contributed by atoms with Crippen LogP contribution in [0.4, 0.5) is 16.2 Å². The molecule has 1 aromatic heterocycles. The van der Waals surface area contributed by atoms with E-state index in [1.54, 1.807) is 0 Å². The van der Waals surface area contributed by atoms with E-state index in [1.807, 2.05) is 4.90 Å². The summed E-state index contributed by atoms with van der Waals surface area (Å²) in [7, 11) is 0. The summed E-state index contributed by atoms with van der Waals surface area (Å²) >= 11 is 0. The molecule has 3 saturated heterocycles. The van der Waals surface area contributed by atoms with E-state index in [2.05, 4.69) is 20.2 Å². The van der Waals surface area contributed by atoms with Crippen molar-refractivity contribution >= 4 is 11.8 Å². The number of nitrogens with zero attached hydrogens (tertiary/aromatic N) is 4. The minimum absolute atomic E-state index is 0.342. The first-order valence-electron chi connectivity index (χ1n) is 8.57. The second-order valence-electron chi connectivity index (χ2n) is 6.89. The van der Waals surface area contributed by atoms with E-state index in [9.17, 15) is 4.39 Å². The Morgan fingerprint density at radius 3 is 2.83 bits per heavy atom. The van der Waals surface area contributed by atoms with Crippen molar-refractivity contribution in [3.05, 3.63) is 12.0 Å². The molecule has 7 heteroatoms. The Balaban J connectivity index is 1.56. The van der Waals surface area contributed by atoms with Gasteiger partial charge >= 0.3 is 0 Å². The second kappa shape index (κ2) is 6.20. The fourth-order valence-electron chi connectivity index (χ4n) is 4.02. The average Bonchev–Trinajstić information content (AvgIpc) is 3.04. The quantitative estimate of drug-likeness (QED) is 0.878. The highest BCUT2D eigenvalue weighted by Crippen LogP contribution is 2.36. The zero-order valence-corrected chi connectivity index (χ0v) is 13.4. The Hall–Kier alpha value is -1.47. The van der Waals surface area contributed by atoms with Crippen molar-refractivity contribution in [2.24, 2.45) is 5.41 Å². The molecule has 1 aromatic rings. The van der Waals surface area contributed by atoms with Crippen LogP contribution in [-0.2, 0) is 4.74 Å². The highest BCUT2D eigenvalue weighted by atomic mass is 19.1. The maximum atomic E-state index is 14.2. The SMILES string of the molecule is Fc1cnc(N2CCCC3(CCNC3)C2)nc1N1CCOCC1. The lowest BCUT2D eigenvalue weighted by Crippen LogP contribution is -2.45. The van der Waals surface area contributed by atoms with E-state index in [1.165, 1.54) is 19.0 Å². The minimum atomic E-state index is -0.343. The van der Waals surface area contributed by atoms with E-state index in [0.29, 0.717) is 43.5 Å². The number of ether oxygens (including phenoxy) is 1. The lowest BCUT2D eigenvalue weighted by Gasteiger charge is -2.40. The van der Waals surface area contributed by atoms with Crippen molar-refractivity contribution in [2.75, 3.05) is 62.3 Å². The van der Waals surface area contributed by atoms with Gasteiger partial charge in [0.15, 0.2) is 11.6 Å². The van der Waals surface area contributed by atoms with Crippen LogP contribution in [0.2, 0.25) is 0 Å². The van der Waals surface area contributed by atoms with Crippen LogP contribution in [0.15, 0.2) is 6.20 Å². The largest absolute Gasteiger partial charge is 0.378 e. The Kier molecular flexibility index (Phi) is 4.07. The lowest BCUT2D eigenvalue weighted by molar-refractivity contribution is 0.122.